The number of rotatable bonds is 3. The van der Waals surface area contributed by atoms with Crippen LogP contribution in [0.2, 0.25) is 0 Å². The van der Waals surface area contributed by atoms with Crippen molar-refractivity contribution in [2.45, 2.75) is 63.7 Å². The average molecular weight is 322 g/mol. The number of benzene rings is 1. The monoisotopic (exact) mass is 322 g/mol. The Labute approximate surface area is 144 Å². The zero-order chi connectivity index (χ0) is 16.4. The minimum Gasteiger partial charge on any atom is -0.497 e. The van der Waals surface area contributed by atoms with Crippen molar-refractivity contribution in [1.29, 1.82) is 0 Å². The van der Waals surface area contributed by atoms with Gasteiger partial charge in [0.15, 0.2) is 5.82 Å². The van der Waals surface area contributed by atoms with E-state index in [0.29, 0.717) is 5.92 Å². The van der Waals surface area contributed by atoms with Gasteiger partial charge in [-0.25, -0.2) is 9.97 Å². The molecule has 1 aromatic heterocycles. The molecule has 0 amide bonds. The standard InChI is InChI=1S/C21H26N2O/c1-24-17-12-13-19-18(14-17)20(15-8-4-2-5-9-15)23-21(22-19)16-10-6-3-7-11-16/h10,12-15H,2-9,11H2,1H3. The van der Waals surface area contributed by atoms with E-state index in [2.05, 4.69) is 18.2 Å². The summed E-state index contributed by atoms with van der Waals surface area (Å²) in [5, 5.41) is 1.18. The second-order valence-electron chi connectivity index (χ2n) is 7.13. The molecule has 0 atom stereocenters. The van der Waals surface area contributed by atoms with Gasteiger partial charge < -0.3 is 4.74 Å². The molecular weight excluding hydrogens is 296 g/mol. The molecule has 0 aliphatic heterocycles. The average Bonchev–Trinajstić information content (AvgIpc) is 2.68. The molecule has 0 bridgehead atoms. The Balaban J connectivity index is 1.85. The molecule has 2 aliphatic carbocycles. The normalized spacial score (nSPS) is 19.3. The summed E-state index contributed by atoms with van der Waals surface area (Å²) in [6.07, 6.45) is 13.7. The number of fused-ring (bicyclic) bond motifs is 1. The van der Waals surface area contributed by atoms with Gasteiger partial charge in [-0.05, 0) is 62.3 Å². The van der Waals surface area contributed by atoms with Gasteiger partial charge in [-0.15, -0.1) is 0 Å². The number of nitrogens with zero attached hydrogens (tertiary/aromatic N) is 2. The summed E-state index contributed by atoms with van der Waals surface area (Å²) in [5.74, 6) is 2.43. The highest BCUT2D eigenvalue weighted by atomic mass is 16.5. The van der Waals surface area contributed by atoms with Crippen molar-refractivity contribution in [3.05, 3.63) is 35.8 Å². The summed E-state index contributed by atoms with van der Waals surface area (Å²) >= 11 is 0. The third-order valence-electron chi connectivity index (χ3n) is 5.50. The first kappa shape index (κ1) is 15.6. The number of hydrogen-bond acceptors (Lipinski definition) is 3. The maximum Gasteiger partial charge on any atom is 0.155 e. The molecule has 4 rings (SSSR count). The van der Waals surface area contributed by atoms with Crippen LogP contribution in [-0.2, 0) is 0 Å². The summed E-state index contributed by atoms with van der Waals surface area (Å²) in [6, 6.07) is 6.23. The van der Waals surface area contributed by atoms with Crippen molar-refractivity contribution >= 4 is 16.5 Å². The van der Waals surface area contributed by atoms with E-state index < -0.39 is 0 Å². The largest absolute Gasteiger partial charge is 0.497 e. The quantitative estimate of drug-likeness (QED) is 0.733. The zero-order valence-electron chi connectivity index (χ0n) is 14.6. The molecule has 0 spiro atoms. The van der Waals surface area contributed by atoms with E-state index in [4.69, 9.17) is 14.7 Å². The Hall–Kier alpha value is -1.90. The second kappa shape index (κ2) is 6.92. The first-order valence-corrected chi connectivity index (χ1v) is 9.40. The van der Waals surface area contributed by atoms with Gasteiger partial charge in [-0.2, -0.15) is 0 Å². The number of aromatic nitrogens is 2. The molecule has 2 aromatic rings. The van der Waals surface area contributed by atoms with Crippen molar-refractivity contribution in [1.82, 2.24) is 9.97 Å². The van der Waals surface area contributed by atoms with E-state index in [1.807, 2.05) is 6.07 Å². The van der Waals surface area contributed by atoms with Gasteiger partial charge in [-0.1, -0.05) is 25.3 Å². The SMILES string of the molecule is COc1ccc2nc(C3=CCCCC3)nc(C3CCCCC3)c2c1. The van der Waals surface area contributed by atoms with Crippen molar-refractivity contribution in [3.63, 3.8) is 0 Å². The Morgan fingerprint density at radius 3 is 2.62 bits per heavy atom. The molecule has 3 nitrogen and oxygen atoms in total. The molecule has 2 aliphatic rings. The van der Waals surface area contributed by atoms with Crippen LogP contribution in [0.4, 0.5) is 0 Å². The molecule has 0 unspecified atom stereocenters. The minimum absolute atomic E-state index is 0.569. The van der Waals surface area contributed by atoms with Crippen LogP contribution in [0.1, 0.15) is 75.2 Å². The molecule has 1 fully saturated rings. The minimum atomic E-state index is 0.569. The lowest BCUT2D eigenvalue weighted by Crippen LogP contribution is -2.10. The lowest BCUT2D eigenvalue weighted by atomic mass is 9.85. The molecule has 1 heterocycles. The van der Waals surface area contributed by atoms with Gasteiger partial charge in [-0.3, -0.25) is 0 Å². The predicted molar refractivity (Wildman–Crippen MR) is 98.4 cm³/mol. The highest BCUT2D eigenvalue weighted by Gasteiger charge is 2.22. The van der Waals surface area contributed by atoms with Crippen LogP contribution in [0, 0.1) is 0 Å². The summed E-state index contributed by atoms with van der Waals surface area (Å²) < 4.78 is 5.44. The summed E-state index contributed by atoms with van der Waals surface area (Å²) in [5.41, 5.74) is 3.66. The summed E-state index contributed by atoms with van der Waals surface area (Å²) in [6.45, 7) is 0. The molecule has 126 valence electrons. The van der Waals surface area contributed by atoms with E-state index in [1.165, 1.54) is 61.6 Å². The number of hydrogen-bond donors (Lipinski definition) is 0. The van der Waals surface area contributed by atoms with E-state index in [-0.39, 0.29) is 0 Å². The molecule has 0 saturated heterocycles. The fourth-order valence-electron chi connectivity index (χ4n) is 4.13. The van der Waals surface area contributed by atoms with Crippen molar-refractivity contribution < 1.29 is 4.74 Å². The highest BCUT2D eigenvalue weighted by Crippen LogP contribution is 2.37. The van der Waals surface area contributed by atoms with Crippen molar-refractivity contribution in [2.75, 3.05) is 7.11 Å². The molecule has 0 N–H and O–H groups in total. The Morgan fingerprint density at radius 1 is 1.00 bits per heavy atom. The number of allylic oxidation sites excluding steroid dienone is 2. The number of ether oxygens (including phenoxy) is 1. The maximum atomic E-state index is 5.44. The van der Waals surface area contributed by atoms with Gasteiger partial charge in [0.1, 0.15) is 5.75 Å². The Bertz CT molecular complexity index is 760. The van der Waals surface area contributed by atoms with Crippen LogP contribution in [0.25, 0.3) is 16.5 Å². The molecule has 3 heteroatoms. The smallest absolute Gasteiger partial charge is 0.155 e. The predicted octanol–water partition coefficient (Wildman–Crippen LogP) is 5.64. The molecule has 24 heavy (non-hydrogen) atoms. The van der Waals surface area contributed by atoms with E-state index >= 15 is 0 Å². The van der Waals surface area contributed by atoms with E-state index in [9.17, 15) is 0 Å². The van der Waals surface area contributed by atoms with Crippen molar-refractivity contribution in [2.24, 2.45) is 0 Å². The van der Waals surface area contributed by atoms with Gasteiger partial charge in [0.05, 0.1) is 18.3 Å². The van der Waals surface area contributed by atoms with Crippen LogP contribution in [-0.4, -0.2) is 17.1 Å². The zero-order valence-corrected chi connectivity index (χ0v) is 14.6. The molecule has 0 radical (unpaired) electrons. The molecule has 1 aromatic carbocycles. The first-order chi connectivity index (χ1) is 11.8. The molecule has 1 saturated carbocycles. The highest BCUT2D eigenvalue weighted by molar-refractivity contribution is 5.84. The lowest BCUT2D eigenvalue weighted by Gasteiger charge is -2.23. The summed E-state index contributed by atoms with van der Waals surface area (Å²) in [7, 11) is 1.73. The number of methoxy groups -OCH3 is 1. The Kier molecular flexibility index (Phi) is 4.50. The molecular formula is C21H26N2O. The van der Waals surface area contributed by atoms with Gasteiger partial charge in [0, 0.05) is 11.3 Å². The third kappa shape index (κ3) is 3.04. The summed E-state index contributed by atoms with van der Waals surface area (Å²) in [4.78, 5) is 9.98. The maximum absolute atomic E-state index is 5.44. The van der Waals surface area contributed by atoms with Crippen LogP contribution >= 0.6 is 0 Å². The van der Waals surface area contributed by atoms with E-state index in [0.717, 1.165) is 29.9 Å². The lowest BCUT2D eigenvalue weighted by molar-refractivity contribution is 0.415. The fourth-order valence-corrected chi connectivity index (χ4v) is 4.13. The van der Waals surface area contributed by atoms with Crippen LogP contribution < -0.4 is 4.74 Å². The van der Waals surface area contributed by atoms with Crippen molar-refractivity contribution in [3.8, 4) is 5.75 Å². The van der Waals surface area contributed by atoms with Gasteiger partial charge in [0.2, 0.25) is 0 Å². The van der Waals surface area contributed by atoms with Crippen LogP contribution in [0.3, 0.4) is 0 Å². The van der Waals surface area contributed by atoms with Gasteiger partial charge in [0.25, 0.3) is 0 Å². The van der Waals surface area contributed by atoms with Crippen LogP contribution in [0.15, 0.2) is 24.3 Å². The Morgan fingerprint density at radius 2 is 1.88 bits per heavy atom. The topological polar surface area (TPSA) is 35.0 Å². The third-order valence-corrected chi connectivity index (χ3v) is 5.50. The van der Waals surface area contributed by atoms with Gasteiger partial charge >= 0.3 is 0 Å². The van der Waals surface area contributed by atoms with Crippen LogP contribution in [0.5, 0.6) is 5.75 Å². The fraction of sp³-hybridized carbons (Fsp3) is 0.524. The second-order valence-corrected chi connectivity index (χ2v) is 7.13. The first-order valence-electron chi connectivity index (χ1n) is 9.40. The van der Waals surface area contributed by atoms with E-state index in [1.54, 1.807) is 7.11 Å².